The first kappa shape index (κ1) is 14.8. The first-order valence-corrected chi connectivity index (χ1v) is 6.83. The lowest BCUT2D eigenvalue weighted by molar-refractivity contribution is 0.305. The molecule has 2 aromatic rings. The summed E-state index contributed by atoms with van der Waals surface area (Å²) in [7, 11) is 0. The highest BCUT2D eigenvalue weighted by Crippen LogP contribution is 2.18. The topological polar surface area (TPSA) is 35.2 Å². The molecule has 0 amide bonds. The monoisotopic (exact) mass is 293 g/mol. The van der Waals surface area contributed by atoms with Gasteiger partial charge in [-0.15, -0.1) is 0 Å². The molecule has 0 aliphatic heterocycles. The van der Waals surface area contributed by atoms with Crippen LogP contribution in [0.2, 0.25) is 5.02 Å². The van der Waals surface area contributed by atoms with Crippen LogP contribution in [0.25, 0.3) is 0 Å². The fraction of sp³-hybridized carbons (Fsp3) is 0.250. The summed E-state index contributed by atoms with van der Waals surface area (Å²) in [6.07, 6.45) is 0.836. The number of hydrogen-bond donors (Lipinski definition) is 1. The third-order valence-electron chi connectivity index (χ3n) is 2.87. The highest BCUT2D eigenvalue weighted by atomic mass is 35.5. The molecule has 4 heteroatoms. The van der Waals surface area contributed by atoms with E-state index in [1.807, 2.05) is 31.2 Å². The molecule has 0 heterocycles. The van der Waals surface area contributed by atoms with Crippen LogP contribution < -0.4 is 10.5 Å². The molecule has 0 radical (unpaired) electrons. The van der Waals surface area contributed by atoms with Crippen LogP contribution in [0.4, 0.5) is 4.39 Å². The predicted molar refractivity (Wildman–Crippen MR) is 79.5 cm³/mol. The van der Waals surface area contributed by atoms with E-state index in [1.54, 1.807) is 6.07 Å². The summed E-state index contributed by atoms with van der Waals surface area (Å²) in [4.78, 5) is 0. The fourth-order valence-electron chi connectivity index (χ4n) is 1.89. The minimum absolute atomic E-state index is 0.119. The minimum Gasteiger partial charge on any atom is -0.489 e. The molecule has 0 fully saturated rings. The molecule has 1 atom stereocenters. The molecule has 0 saturated heterocycles. The zero-order valence-electron chi connectivity index (χ0n) is 11.3. The molecular formula is C16H17ClFNO. The zero-order chi connectivity index (χ0) is 14.5. The second kappa shape index (κ2) is 6.73. The van der Waals surface area contributed by atoms with Crippen LogP contribution in [0.3, 0.4) is 0 Å². The van der Waals surface area contributed by atoms with E-state index in [9.17, 15) is 4.39 Å². The van der Waals surface area contributed by atoms with Gasteiger partial charge >= 0.3 is 0 Å². The van der Waals surface area contributed by atoms with Gasteiger partial charge in [0.2, 0.25) is 0 Å². The summed E-state index contributed by atoms with van der Waals surface area (Å²) in [5.41, 5.74) is 7.66. The van der Waals surface area contributed by atoms with Crippen molar-refractivity contribution in [2.24, 2.45) is 5.73 Å². The molecule has 0 aromatic heterocycles. The third-order valence-corrected chi connectivity index (χ3v) is 3.18. The number of ether oxygens (including phenoxy) is 1. The van der Waals surface area contributed by atoms with Gasteiger partial charge in [0.25, 0.3) is 0 Å². The van der Waals surface area contributed by atoms with E-state index in [-0.39, 0.29) is 11.1 Å². The molecule has 2 rings (SSSR count). The lowest BCUT2D eigenvalue weighted by atomic mass is 10.1. The quantitative estimate of drug-likeness (QED) is 0.906. The summed E-state index contributed by atoms with van der Waals surface area (Å²) in [5.74, 6) is 0.314. The van der Waals surface area contributed by atoms with Gasteiger partial charge in [-0.25, -0.2) is 4.39 Å². The summed E-state index contributed by atoms with van der Waals surface area (Å²) < 4.78 is 18.9. The van der Waals surface area contributed by atoms with E-state index < -0.39 is 5.82 Å². The van der Waals surface area contributed by atoms with Crippen LogP contribution in [-0.2, 0) is 13.0 Å². The lowest BCUT2D eigenvalue weighted by Crippen LogP contribution is -2.17. The lowest BCUT2D eigenvalue weighted by Gasteiger charge is -2.09. The maximum atomic E-state index is 13.3. The molecule has 0 aliphatic carbocycles. The smallest absolute Gasteiger partial charge is 0.142 e. The normalized spacial score (nSPS) is 12.2. The Morgan fingerprint density at radius 1 is 1.15 bits per heavy atom. The van der Waals surface area contributed by atoms with Crippen LogP contribution >= 0.6 is 11.6 Å². The van der Waals surface area contributed by atoms with Crippen molar-refractivity contribution in [3.05, 3.63) is 64.4 Å². The van der Waals surface area contributed by atoms with Gasteiger partial charge in [0.1, 0.15) is 18.2 Å². The van der Waals surface area contributed by atoms with Crippen LogP contribution in [0, 0.1) is 5.82 Å². The molecule has 0 bridgehead atoms. The van der Waals surface area contributed by atoms with E-state index >= 15 is 0 Å². The van der Waals surface area contributed by atoms with Crippen LogP contribution in [-0.4, -0.2) is 6.04 Å². The number of rotatable bonds is 5. The molecule has 0 spiro atoms. The second-order valence-corrected chi connectivity index (χ2v) is 5.27. The molecule has 106 valence electrons. The summed E-state index contributed by atoms with van der Waals surface area (Å²) in [6.45, 7) is 2.28. The van der Waals surface area contributed by atoms with Crippen LogP contribution in [0.5, 0.6) is 5.75 Å². The molecule has 2 aromatic carbocycles. The molecular weight excluding hydrogens is 277 g/mol. The molecule has 2 N–H and O–H groups in total. The molecule has 0 aliphatic rings. The van der Waals surface area contributed by atoms with Crippen molar-refractivity contribution < 1.29 is 9.13 Å². The molecule has 2 nitrogen and oxygen atoms in total. The van der Waals surface area contributed by atoms with Crippen LogP contribution in [0.15, 0.2) is 42.5 Å². The Hall–Kier alpha value is -1.58. The Morgan fingerprint density at radius 2 is 1.80 bits per heavy atom. The third kappa shape index (κ3) is 4.22. The van der Waals surface area contributed by atoms with E-state index in [1.165, 1.54) is 17.7 Å². The summed E-state index contributed by atoms with van der Waals surface area (Å²) in [5, 5.41) is 0.119. The highest BCUT2D eigenvalue weighted by molar-refractivity contribution is 6.30. The number of hydrogen-bond acceptors (Lipinski definition) is 2. The van der Waals surface area contributed by atoms with Crippen molar-refractivity contribution in [2.45, 2.75) is 26.0 Å². The van der Waals surface area contributed by atoms with E-state index in [0.29, 0.717) is 6.61 Å². The average molecular weight is 294 g/mol. The van der Waals surface area contributed by atoms with Crippen LogP contribution in [0.1, 0.15) is 18.1 Å². The van der Waals surface area contributed by atoms with Crippen molar-refractivity contribution >= 4 is 11.6 Å². The predicted octanol–water partition coefficient (Wildman–Crippen LogP) is 3.95. The van der Waals surface area contributed by atoms with Gasteiger partial charge in [0.15, 0.2) is 0 Å². The van der Waals surface area contributed by atoms with Crippen molar-refractivity contribution in [1.82, 2.24) is 0 Å². The Morgan fingerprint density at radius 3 is 2.40 bits per heavy atom. The van der Waals surface area contributed by atoms with E-state index in [4.69, 9.17) is 22.1 Å². The molecule has 1 unspecified atom stereocenters. The van der Waals surface area contributed by atoms with Gasteiger partial charge in [0, 0.05) is 6.04 Å². The Bertz CT molecular complexity index is 569. The van der Waals surface area contributed by atoms with Crippen molar-refractivity contribution in [3.8, 4) is 5.75 Å². The number of halogens is 2. The fourth-order valence-corrected chi connectivity index (χ4v) is 2.01. The Balaban J connectivity index is 1.95. The van der Waals surface area contributed by atoms with Crippen molar-refractivity contribution in [1.29, 1.82) is 0 Å². The Kier molecular flexibility index (Phi) is 4.99. The van der Waals surface area contributed by atoms with E-state index in [2.05, 4.69) is 0 Å². The zero-order valence-corrected chi connectivity index (χ0v) is 12.0. The van der Waals surface area contributed by atoms with E-state index in [0.717, 1.165) is 17.7 Å². The maximum Gasteiger partial charge on any atom is 0.142 e. The van der Waals surface area contributed by atoms with Gasteiger partial charge in [-0.2, -0.15) is 0 Å². The summed E-state index contributed by atoms with van der Waals surface area (Å²) in [6, 6.07) is 12.6. The second-order valence-electron chi connectivity index (χ2n) is 4.86. The van der Waals surface area contributed by atoms with Gasteiger partial charge in [-0.1, -0.05) is 29.8 Å². The van der Waals surface area contributed by atoms with Gasteiger partial charge < -0.3 is 10.5 Å². The van der Waals surface area contributed by atoms with Gasteiger partial charge in [0.05, 0.1) is 5.02 Å². The Labute approximate surface area is 123 Å². The van der Waals surface area contributed by atoms with Gasteiger partial charge in [-0.05, 0) is 48.7 Å². The average Bonchev–Trinajstić information content (AvgIpc) is 2.41. The summed E-state index contributed by atoms with van der Waals surface area (Å²) >= 11 is 5.63. The standard InChI is InChI=1S/C16H17ClFNO/c1-11(19)8-12-2-5-14(6-3-12)20-10-13-4-7-15(17)16(18)9-13/h2-7,9,11H,8,10,19H2,1H3. The highest BCUT2D eigenvalue weighted by Gasteiger charge is 2.03. The SMILES string of the molecule is CC(N)Cc1ccc(OCc2ccc(Cl)c(F)c2)cc1. The molecule has 0 saturated carbocycles. The minimum atomic E-state index is -0.431. The van der Waals surface area contributed by atoms with Gasteiger partial charge in [-0.3, -0.25) is 0 Å². The van der Waals surface area contributed by atoms with Crippen molar-refractivity contribution in [2.75, 3.05) is 0 Å². The molecule has 20 heavy (non-hydrogen) atoms. The maximum absolute atomic E-state index is 13.3. The first-order valence-electron chi connectivity index (χ1n) is 6.46. The number of nitrogens with two attached hydrogens (primary N) is 1. The largest absolute Gasteiger partial charge is 0.489 e. The first-order chi connectivity index (χ1) is 9.54. The van der Waals surface area contributed by atoms with Crippen molar-refractivity contribution in [3.63, 3.8) is 0 Å². The number of benzene rings is 2.